The van der Waals surface area contributed by atoms with Gasteiger partial charge in [0.25, 0.3) is 0 Å². The molecule has 1 aromatic carbocycles. The van der Waals surface area contributed by atoms with Crippen LogP contribution in [-0.4, -0.2) is 38.7 Å². The van der Waals surface area contributed by atoms with Crippen molar-refractivity contribution in [1.82, 2.24) is 10.3 Å². The molecule has 1 aromatic heterocycles. The maximum Gasteiger partial charge on any atom is 0.243 e. The number of carbonyl (C=O) groups excluding carboxylic acids is 1. The van der Waals surface area contributed by atoms with E-state index in [0.717, 1.165) is 16.1 Å². The first-order valence-electron chi connectivity index (χ1n) is 7.63. The van der Waals surface area contributed by atoms with E-state index in [9.17, 15) is 13.2 Å². The van der Waals surface area contributed by atoms with E-state index in [4.69, 9.17) is 4.74 Å². The van der Waals surface area contributed by atoms with Gasteiger partial charge in [-0.15, -0.1) is 0 Å². The summed E-state index contributed by atoms with van der Waals surface area (Å²) >= 11 is 0. The lowest BCUT2D eigenvalue weighted by molar-refractivity contribution is -0.122. The molecule has 0 radical (unpaired) electrons. The topological polar surface area (TPSA) is 88.6 Å². The van der Waals surface area contributed by atoms with Gasteiger partial charge < -0.3 is 10.1 Å². The van der Waals surface area contributed by atoms with Crippen LogP contribution in [0.25, 0.3) is 0 Å². The lowest BCUT2D eigenvalue weighted by Crippen LogP contribution is -2.47. The minimum atomic E-state index is -3.65. The molecule has 25 heavy (non-hydrogen) atoms. The van der Waals surface area contributed by atoms with Crippen molar-refractivity contribution in [2.45, 2.75) is 19.5 Å². The lowest BCUT2D eigenvalue weighted by Gasteiger charge is -2.28. The third kappa shape index (κ3) is 4.93. The average molecular weight is 363 g/mol. The van der Waals surface area contributed by atoms with Crippen molar-refractivity contribution in [3.8, 4) is 5.75 Å². The Morgan fingerprint density at radius 2 is 1.96 bits per heavy atom. The van der Waals surface area contributed by atoms with E-state index in [1.807, 2.05) is 6.07 Å². The molecule has 8 heteroatoms. The smallest absolute Gasteiger partial charge is 0.243 e. The van der Waals surface area contributed by atoms with Gasteiger partial charge in [-0.25, -0.2) is 8.42 Å². The van der Waals surface area contributed by atoms with Gasteiger partial charge in [0.15, 0.2) is 0 Å². The molecule has 0 fully saturated rings. The third-order valence-electron chi connectivity index (χ3n) is 3.60. The number of pyridine rings is 1. The Balaban J connectivity index is 2.17. The highest BCUT2D eigenvalue weighted by molar-refractivity contribution is 7.92. The summed E-state index contributed by atoms with van der Waals surface area (Å²) in [6.45, 7) is 1.82. The predicted molar refractivity (Wildman–Crippen MR) is 95.9 cm³/mol. The summed E-state index contributed by atoms with van der Waals surface area (Å²) in [5, 5.41) is 2.73. The first kappa shape index (κ1) is 18.7. The molecule has 0 aliphatic rings. The Morgan fingerprint density at radius 1 is 1.28 bits per heavy atom. The van der Waals surface area contributed by atoms with Gasteiger partial charge in [-0.3, -0.25) is 14.1 Å². The predicted octanol–water partition coefficient (Wildman–Crippen LogP) is 1.56. The molecule has 1 heterocycles. The maximum atomic E-state index is 12.4. The van der Waals surface area contributed by atoms with Crippen molar-refractivity contribution in [3.05, 3.63) is 54.4 Å². The number of ether oxygens (including phenoxy) is 1. The van der Waals surface area contributed by atoms with E-state index in [-0.39, 0.29) is 6.54 Å². The first-order valence-corrected chi connectivity index (χ1v) is 9.48. The third-order valence-corrected chi connectivity index (χ3v) is 4.85. The van der Waals surface area contributed by atoms with Gasteiger partial charge in [-0.2, -0.15) is 0 Å². The summed E-state index contributed by atoms with van der Waals surface area (Å²) in [4.78, 5) is 16.4. The molecule has 0 saturated carbocycles. The van der Waals surface area contributed by atoms with E-state index in [0.29, 0.717) is 11.4 Å². The molecule has 0 aliphatic heterocycles. The normalized spacial score (nSPS) is 12.3. The second-order valence-corrected chi connectivity index (χ2v) is 7.37. The van der Waals surface area contributed by atoms with Crippen LogP contribution in [0.15, 0.2) is 48.8 Å². The molecule has 1 N–H and O–H groups in total. The van der Waals surface area contributed by atoms with Crippen LogP contribution in [-0.2, 0) is 21.4 Å². The fourth-order valence-electron chi connectivity index (χ4n) is 2.38. The molecule has 1 amide bonds. The SMILES string of the molecule is COc1ccc(N([C@@H](C)C(=O)NCc2cccnc2)S(C)(=O)=O)cc1. The molecular weight excluding hydrogens is 342 g/mol. The van der Waals surface area contributed by atoms with Gasteiger partial charge in [0.2, 0.25) is 15.9 Å². The number of hydrogen-bond acceptors (Lipinski definition) is 5. The number of nitrogens with zero attached hydrogens (tertiary/aromatic N) is 2. The number of rotatable bonds is 7. The number of hydrogen-bond donors (Lipinski definition) is 1. The van der Waals surface area contributed by atoms with Crippen LogP contribution < -0.4 is 14.4 Å². The number of methoxy groups -OCH3 is 1. The van der Waals surface area contributed by atoms with Crippen LogP contribution in [0.5, 0.6) is 5.75 Å². The largest absolute Gasteiger partial charge is 0.497 e. The zero-order valence-electron chi connectivity index (χ0n) is 14.3. The maximum absolute atomic E-state index is 12.4. The Labute approximate surface area is 147 Å². The second kappa shape index (κ2) is 7.98. The fraction of sp³-hybridized carbons (Fsp3) is 0.294. The minimum Gasteiger partial charge on any atom is -0.497 e. The van der Waals surface area contributed by atoms with Crippen molar-refractivity contribution < 1.29 is 17.9 Å². The minimum absolute atomic E-state index is 0.275. The highest BCUT2D eigenvalue weighted by Gasteiger charge is 2.28. The molecular formula is C17H21N3O4S. The van der Waals surface area contributed by atoms with Crippen LogP contribution in [0.4, 0.5) is 5.69 Å². The zero-order valence-corrected chi connectivity index (χ0v) is 15.2. The van der Waals surface area contributed by atoms with E-state index in [2.05, 4.69) is 10.3 Å². The summed E-state index contributed by atoms with van der Waals surface area (Å²) < 4.78 is 30.6. The van der Waals surface area contributed by atoms with Crippen molar-refractivity contribution >= 4 is 21.6 Å². The van der Waals surface area contributed by atoms with Crippen molar-refractivity contribution in [1.29, 1.82) is 0 Å². The molecule has 0 unspecified atom stereocenters. The van der Waals surface area contributed by atoms with E-state index >= 15 is 0 Å². The van der Waals surface area contributed by atoms with Crippen LogP contribution in [0, 0.1) is 0 Å². The van der Waals surface area contributed by atoms with Crippen LogP contribution in [0.3, 0.4) is 0 Å². The molecule has 0 spiro atoms. The Bertz CT molecular complexity index is 808. The summed E-state index contributed by atoms with van der Waals surface area (Å²) in [6.07, 6.45) is 4.36. The number of aromatic nitrogens is 1. The van der Waals surface area contributed by atoms with Crippen molar-refractivity contribution in [3.63, 3.8) is 0 Å². The molecule has 134 valence electrons. The number of benzene rings is 1. The summed E-state index contributed by atoms with van der Waals surface area (Å²) in [6, 6.07) is 9.19. The number of amides is 1. The molecule has 7 nitrogen and oxygen atoms in total. The van der Waals surface area contributed by atoms with Crippen molar-refractivity contribution in [2.24, 2.45) is 0 Å². The molecule has 1 atom stereocenters. The van der Waals surface area contributed by atoms with Crippen LogP contribution in [0.1, 0.15) is 12.5 Å². The van der Waals surface area contributed by atoms with E-state index in [1.165, 1.54) is 7.11 Å². The highest BCUT2D eigenvalue weighted by atomic mass is 32.2. The highest BCUT2D eigenvalue weighted by Crippen LogP contribution is 2.23. The van der Waals surface area contributed by atoms with E-state index < -0.39 is 22.0 Å². The standard InChI is InChI=1S/C17H21N3O4S/c1-13(17(21)19-12-14-5-4-10-18-11-14)20(25(3,22)23)15-6-8-16(24-2)9-7-15/h4-11,13H,12H2,1-3H3,(H,19,21)/t13-/m0/s1. The number of sulfonamides is 1. The van der Waals surface area contributed by atoms with Gasteiger partial charge in [-0.1, -0.05) is 6.07 Å². The monoisotopic (exact) mass is 363 g/mol. The lowest BCUT2D eigenvalue weighted by atomic mass is 10.2. The summed E-state index contributed by atoms with van der Waals surface area (Å²) in [5.41, 5.74) is 1.23. The summed E-state index contributed by atoms with van der Waals surface area (Å²) in [5.74, 6) is 0.205. The van der Waals surface area contributed by atoms with Gasteiger partial charge >= 0.3 is 0 Å². The average Bonchev–Trinajstić information content (AvgIpc) is 2.60. The Hall–Kier alpha value is -2.61. The van der Waals surface area contributed by atoms with Gasteiger partial charge in [-0.05, 0) is 42.8 Å². The number of carbonyl (C=O) groups is 1. The van der Waals surface area contributed by atoms with Crippen molar-refractivity contribution in [2.75, 3.05) is 17.7 Å². The van der Waals surface area contributed by atoms with E-state index in [1.54, 1.807) is 49.6 Å². The molecule has 0 saturated heterocycles. The fourth-order valence-corrected chi connectivity index (χ4v) is 3.55. The summed E-state index contributed by atoms with van der Waals surface area (Å²) in [7, 11) is -2.12. The molecule has 2 aromatic rings. The quantitative estimate of drug-likeness (QED) is 0.806. The van der Waals surface area contributed by atoms with Crippen LogP contribution in [0.2, 0.25) is 0 Å². The van der Waals surface area contributed by atoms with Crippen LogP contribution >= 0.6 is 0 Å². The van der Waals surface area contributed by atoms with Gasteiger partial charge in [0.05, 0.1) is 19.1 Å². The molecule has 0 aliphatic carbocycles. The number of anilines is 1. The zero-order chi connectivity index (χ0) is 18.4. The molecule has 2 rings (SSSR count). The number of nitrogens with one attached hydrogen (secondary N) is 1. The second-order valence-electron chi connectivity index (χ2n) is 5.51. The first-order chi connectivity index (χ1) is 11.8. The van der Waals surface area contributed by atoms with Gasteiger partial charge in [0, 0.05) is 18.9 Å². The van der Waals surface area contributed by atoms with Gasteiger partial charge in [0.1, 0.15) is 11.8 Å². The Kier molecular flexibility index (Phi) is 5.97. The Morgan fingerprint density at radius 3 is 2.48 bits per heavy atom. The molecule has 0 bridgehead atoms.